The second-order valence-electron chi connectivity index (χ2n) is 24.9. The Morgan fingerprint density at radius 3 is 0.554 bits per heavy atom. The van der Waals surface area contributed by atoms with E-state index in [9.17, 15) is 0 Å². The highest BCUT2D eigenvalue weighted by Crippen LogP contribution is 2.58. The number of hydrogen-bond acceptors (Lipinski definition) is 12. The van der Waals surface area contributed by atoms with Gasteiger partial charge in [-0.25, -0.2) is 0 Å². The van der Waals surface area contributed by atoms with Gasteiger partial charge in [-0.05, 0) is 46.5 Å². The molecule has 4 N–H and O–H groups in total. The summed E-state index contributed by atoms with van der Waals surface area (Å²) >= 11 is 0. The van der Waals surface area contributed by atoms with Gasteiger partial charge in [0.2, 0.25) is 23.6 Å². The Labute approximate surface area is 538 Å². The highest BCUT2D eigenvalue weighted by molar-refractivity contribution is 5.85. The first-order valence-electron chi connectivity index (χ1n) is 30.8. The van der Waals surface area contributed by atoms with Crippen LogP contribution in [0.4, 0.5) is 0 Å². The summed E-state index contributed by atoms with van der Waals surface area (Å²) in [5.41, 5.74) is 1.30. The van der Waals surface area contributed by atoms with E-state index in [-0.39, 0.29) is 49.3 Å². The van der Waals surface area contributed by atoms with Gasteiger partial charge in [0.1, 0.15) is 46.0 Å². The summed E-state index contributed by atoms with van der Waals surface area (Å²) < 4.78 is 52.1. The van der Waals surface area contributed by atoms with Crippen molar-refractivity contribution in [1.29, 1.82) is 0 Å². The summed E-state index contributed by atoms with van der Waals surface area (Å²) in [6.07, 6.45) is -0.964. The Morgan fingerprint density at radius 1 is 0.261 bits per heavy atom. The Hall–Kier alpha value is -9.96. The van der Waals surface area contributed by atoms with Gasteiger partial charge in [-0.2, -0.15) is 0 Å². The second kappa shape index (κ2) is 25.7. The summed E-state index contributed by atoms with van der Waals surface area (Å²) in [6, 6.07) is 50.0. The van der Waals surface area contributed by atoms with Crippen molar-refractivity contribution in [1.82, 2.24) is 21.3 Å². The highest BCUT2D eigenvalue weighted by Gasteiger charge is 2.50. The summed E-state index contributed by atoms with van der Waals surface area (Å²) in [6.45, 7) is 7.91. The molecule has 16 heteroatoms. The summed E-state index contributed by atoms with van der Waals surface area (Å²) in [5.74, 6) is 1.27. The minimum absolute atomic E-state index is 0.241. The van der Waals surface area contributed by atoms with Gasteiger partial charge in [-0.3, -0.25) is 19.2 Å². The number of rotatable bonds is 12. The van der Waals surface area contributed by atoms with Crippen LogP contribution in [0.15, 0.2) is 170 Å². The lowest BCUT2D eigenvalue weighted by atomic mass is 9.64. The third kappa shape index (κ3) is 11.3. The molecule has 92 heavy (non-hydrogen) atoms. The molecule has 2 unspecified atom stereocenters. The van der Waals surface area contributed by atoms with Gasteiger partial charge in [-0.15, -0.1) is 0 Å². The van der Waals surface area contributed by atoms with E-state index >= 15 is 19.2 Å². The fourth-order valence-corrected chi connectivity index (χ4v) is 14.6. The molecule has 2 aliphatic heterocycles. The average molecular weight is 1240 g/mol. The van der Waals surface area contributed by atoms with Crippen molar-refractivity contribution in [2.24, 2.45) is 0 Å². The monoisotopic (exact) mass is 1240 g/mol. The van der Waals surface area contributed by atoms with E-state index in [1.165, 1.54) is 0 Å². The van der Waals surface area contributed by atoms with Gasteiger partial charge in [0.15, 0.2) is 0 Å². The van der Waals surface area contributed by atoms with Crippen LogP contribution in [0, 0.1) is 0 Å². The van der Waals surface area contributed by atoms with Crippen molar-refractivity contribution in [3.05, 3.63) is 237 Å². The molecule has 1 aliphatic carbocycles. The van der Waals surface area contributed by atoms with Crippen LogP contribution in [0.2, 0.25) is 0 Å². The zero-order valence-electron chi connectivity index (χ0n) is 54.2. The molecule has 8 aromatic carbocycles. The number of amides is 4. The second-order valence-corrected chi connectivity index (χ2v) is 24.9. The van der Waals surface area contributed by atoms with Crippen molar-refractivity contribution >= 4 is 23.6 Å². The van der Waals surface area contributed by atoms with E-state index in [0.29, 0.717) is 90.5 Å². The smallest absolute Gasteiger partial charge is 0.221 e. The van der Waals surface area contributed by atoms with Gasteiger partial charge < -0.3 is 59.2 Å². The largest absolute Gasteiger partial charge is 0.496 e. The molecule has 16 nitrogen and oxygen atoms in total. The molecular formula is C76H80N4O12. The van der Waals surface area contributed by atoms with E-state index < -0.39 is 45.8 Å². The topological polar surface area (TPSA) is 190 Å². The Balaban J connectivity index is 1.35. The molecule has 0 saturated heterocycles. The number of hydrogen-bond donors (Lipinski definition) is 4. The molecule has 0 saturated carbocycles. The molecule has 12 bridgehead atoms. The number of fused-ring (bicyclic) bond motifs is 8. The zero-order valence-corrected chi connectivity index (χ0v) is 54.2. The first kappa shape index (κ1) is 63.6. The van der Waals surface area contributed by atoms with E-state index in [4.69, 9.17) is 37.9 Å². The Bertz CT molecular complexity index is 3570. The molecule has 4 amide bonds. The van der Waals surface area contributed by atoms with Crippen molar-refractivity contribution in [3.63, 3.8) is 0 Å². The molecule has 0 spiro atoms. The van der Waals surface area contributed by atoms with Gasteiger partial charge in [0, 0.05) is 116 Å². The number of benzene rings is 8. The van der Waals surface area contributed by atoms with Gasteiger partial charge >= 0.3 is 0 Å². The average Bonchev–Trinajstić information content (AvgIpc) is 0.845. The van der Waals surface area contributed by atoms with E-state index in [1.807, 2.05) is 173 Å². The third-order valence-electron chi connectivity index (χ3n) is 19.5. The number of carbonyl (C=O) groups is 4. The third-order valence-corrected chi connectivity index (χ3v) is 19.5. The van der Waals surface area contributed by atoms with Crippen molar-refractivity contribution in [2.75, 3.05) is 56.9 Å². The summed E-state index contributed by atoms with van der Waals surface area (Å²) in [4.78, 5) is 64.3. The van der Waals surface area contributed by atoms with Crippen molar-refractivity contribution in [2.45, 2.75) is 99.2 Å². The summed E-state index contributed by atoms with van der Waals surface area (Å²) in [5, 5.41) is 13.8. The number of ether oxygens (including phenoxy) is 8. The first-order valence-corrected chi connectivity index (χ1v) is 30.8. The van der Waals surface area contributed by atoms with E-state index in [1.54, 1.807) is 81.1 Å². The van der Waals surface area contributed by atoms with E-state index in [0.717, 1.165) is 22.3 Å². The number of carbonyl (C=O) groups excluding carboxylic acids is 4. The Kier molecular flexibility index (Phi) is 17.8. The molecular weight excluding hydrogens is 1160 g/mol. The van der Waals surface area contributed by atoms with Crippen LogP contribution in [0.1, 0.15) is 144 Å². The van der Waals surface area contributed by atoms with Gasteiger partial charge in [-0.1, -0.05) is 149 Å². The SMILES string of the molecule is COc1cc(OC)c2cc1C1(C)CC(=O)NC(c3ccccc3)[C@@H](c3ccccc3)NC(=O)CC2(C)c2cc(c(OC)cc2OC)C2(C)CC(=O)NC(c3ccccc3)[C@@H](c3ccccc3)NC(=O)CC(C)(c3cc2c(OC)cc3OC)c2cc1c(OC)cc2OC. The molecule has 8 aromatic rings. The van der Waals surface area contributed by atoms with Crippen LogP contribution in [0.3, 0.4) is 0 Å². The van der Waals surface area contributed by atoms with Crippen LogP contribution in [0.5, 0.6) is 46.0 Å². The van der Waals surface area contributed by atoms with E-state index in [2.05, 4.69) is 21.3 Å². The minimum atomic E-state index is -1.45. The van der Waals surface area contributed by atoms with Crippen LogP contribution in [-0.2, 0) is 40.8 Å². The van der Waals surface area contributed by atoms with Crippen molar-refractivity contribution in [3.8, 4) is 46.0 Å². The number of methoxy groups -OCH3 is 8. The van der Waals surface area contributed by atoms with Crippen LogP contribution >= 0.6 is 0 Å². The first-order chi connectivity index (χ1) is 44.3. The van der Waals surface area contributed by atoms with Gasteiger partial charge in [0.05, 0.1) is 81.0 Å². The fourth-order valence-electron chi connectivity index (χ4n) is 14.6. The number of nitrogens with one attached hydrogen (secondary N) is 4. The molecule has 0 fully saturated rings. The quantitative estimate of drug-likeness (QED) is 0.0907. The lowest BCUT2D eigenvalue weighted by Gasteiger charge is -2.41. The minimum Gasteiger partial charge on any atom is -0.496 e. The molecule has 4 atom stereocenters. The van der Waals surface area contributed by atoms with Gasteiger partial charge in [0.25, 0.3) is 0 Å². The maximum Gasteiger partial charge on any atom is 0.221 e. The maximum atomic E-state index is 16.1. The van der Waals surface area contributed by atoms with Crippen LogP contribution in [-0.4, -0.2) is 80.5 Å². The molecule has 11 rings (SSSR count). The molecule has 3 aliphatic rings. The lowest BCUT2D eigenvalue weighted by Crippen LogP contribution is -2.44. The standard InChI is InChI=1S/C76H80N4O12/c1-73-41-65(81)77-69(45-25-17-13-18-26-45)70(46-27-19-14-20-28-46)78-66(82)42-74(2,50-33-49(73)57(85-5)37-58(50)86-6)55-36-56(64(92-12)40-63(55)91-11)76(4)44-68(84)80-72(48-31-23-16-24-32-48)71(47-29-21-15-22-30-47)79-67(83)43-75(3,51-34-52(76)60(88-8)38-59(51)87-7)54-35-53(73)61(89-9)39-62(54)90-10/h13-40,69-72H,41-44H2,1-12H3,(H,77,81)(H,78,82)(H,79,83)(H,80,84)/t69-,70?,71?,72-,73?,74?,75?,76?/m1/s1. The molecule has 2 heterocycles. The fraction of sp³-hybridized carbons (Fsp3) is 0.316. The Morgan fingerprint density at radius 2 is 0.413 bits per heavy atom. The van der Waals surface area contributed by atoms with Crippen LogP contribution < -0.4 is 59.2 Å². The molecule has 0 aromatic heterocycles. The van der Waals surface area contributed by atoms with Crippen molar-refractivity contribution < 1.29 is 57.1 Å². The summed E-state index contributed by atoms with van der Waals surface area (Å²) in [7, 11) is 12.5. The highest BCUT2D eigenvalue weighted by atomic mass is 16.5. The predicted octanol–water partition coefficient (Wildman–Crippen LogP) is 12.3. The zero-order chi connectivity index (χ0) is 65.3. The normalized spacial score (nSPS) is 23.9. The molecule has 476 valence electrons. The maximum absolute atomic E-state index is 16.1. The predicted molar refractivity (Wildman–Crippen MR) is 352 cm³/mol. The molecule has 0 radical (unpaired) electrons. The lowest BCUT2D eigenvalue weighted by molar-refractivity contribution is -0.125. The van der Waals surface area contributed by atoms with Crippen LogP contribution in [0.25, 0.3) is 0 Å².